The van der Waals surface area contributed by atoms with Crippen molar-refractivity contribution in [3.8, 4) is 11.3 Å². The first kappa shape index (κ1) is 22.3. The van der Waals surface area contributed by atoms with Gasteiger partial charge in [-0.1, -0.05) is 59.8 Å². The quantitative estimate of drug-likeness (QED) is 0.316. The van der Waals surface area contributed by atoms with Crippen LogP contribution in [0, 0.1) is 6.92 Å². The fourth-order valence-corrected chi connectivity index (χ4v) is 5.11. The lowest BCUT2D eigenvalue weighted by Gasteiger charge is -2.28. The number of aromatic nitrogens is 2. The number of fused-ring (bicyclic) bond motifs is 2. The van der Waals surface area contributed by atoms with Crippen LogP contribution in [0.1, 0.15) is 32.8 Å². The zero-order chi connectivity index (χ0) is 24.5. The molecular formula is C30H28N4O2. The van der Waals surface area contributed by atoms with Crippen molar-refractivity contribution in [2.45, 2.75) is 26.3 Å². The minimum atomic E-state index is -0.226. The number of rotatable bonds is 6. The number of anilines is 1. The molecule has 6 nitrogen and oxygen atoms in total. The number of hydrogen-bond acceptors (Lipinski definition) is 4. The Morgan fingerprint density at radius 2 is 1.86 bits per heavy atom. The molecule has 2 N–H and O–H groups in total. The molecule has 180 valence electrons. The van der Waals surface area contributed by atoms with E-state index >= 15 is 0 Å². The molecule has 5 aromatic rings. The number of benzene rings is 3. The van der Waals surface area contributed by atoms with Gasteiger partial charge in [0.15, 0.2) is 0 Å². The summed E-state index contributed by atoms with van der Waals surface area (Å²) in [6.45, 7) is 4.85. The number of hydrogen-bond donors (Lipinski definition) is 2. The van der Waals surface area contributed by atoms with E-state index in [1.165, 1.54) is 16.7 Å². The molecule has 0 bridgehead atoms. The molecule has 0 fully saturated rings. The Morgan fingerprint density at radius 3 is 2.72 bits per heavy atom. The fraction of sp³-hybridized carbons (Fsp3) is 0.200. The van der Waals surface area contributed by atoms with E-state index in [0.717, 1.165) is 54.6 Å². The predicted molar refractivity (Wildman–Crippen MR) is 142 cm³/mol. The van der Waals surface area contributed by atoms with Crippen LogP contribution >= 0.6 is 0 Å². The molecule has 1 aliphatic heterocycles. The maximum absolute atomic E-state index is 13.3. The van der Waals surface area contributed by atoms with Crippen molar-refractivity contribution >= 4 is 22.5 Å². The first-order chi connectivity index (χ1) is 17.7. The van der Waals surface area contributed by atoms with Gasteiger partial charge in [-0.05, 0) is 54.7 Å². The molecule has 1 amide bonds. The van der Waals surface area contributed by atoms with Gasteiger partial charge in [-0.3, -0.25) is 9.69 Å². The predicted octanol–water partition coefficient (Wildman–Crippen LogP) is 5.98. The Labute approximate surface area is 209 Å². The molecule has 6 rings (SSSR count). The number of aromatic amines is 1. The average molecular weight is 477 g/mol. The van der Waals surface area contributed by atoms with E-state index in [4.69, 9.17) is 4.52 Å². The summed E-state index contributed by atoms with van der Waals surface area (Å²) in [5.74, 6) is 0.272. The van der Waals surface area contributed by atoms with Gasteiger partial charge in [0.2, 0.25) is 0 Å². The summed E-state index contributed by atoms with van der Waals surface area (Å²) in [6, 6.07) is 24.4. The minimum Gasteiger partial charge on any atom is -0.361 e. The monoisotopic (exact) mass is 476 g/mol. The van der Waals surface area contributed by atoms with Gasteiger partial charge in [0.25, 0.3) is 5.91 Å². The van der Waals surface area contributed by atoms with Crippen molar-refractivity contribution in [2.24, 2.45) is 0 Å². The summed E-state index contributed by atoms with van der Waals surface area (Å²) in [6.07, 6.45) is 4.14. The molecule has 6 heteroatoms. The van der Waals surface area contributed by atoms with Crippen molar-refractivity contribution in [3.63, 3.8) is 0 Å². The zero-order valence-corrected chi connectivity index (χ0v) is 20.3. The Hall–Kier alpha value is -4.16. The maximum Gasteiger partial charge on any atom is 0.261 e. The third-order valence-corrected chi connectivity index (χ3v) is 7.07. The number of nitrogens with one attached hydrogen (secondary N) is 2. The van der Waals surface area contributed by atoms with Crippen molar-refractivity contribution in [2.75, 3.05) is 18.4 Å². The van der Waals surface area contributed by atoms with Crippen LogP contribution < -0.4 is 5.32 Å². The van der Waals surface area contributed by atoms with Gasteiger partial charge in [0.05, 0.1) is 0 Å². The topological polar surface area (TPSA) is 74.2 Å². The van der Waals surface area contributed by atoms with Gasteiger partial charge in [-0.2, -0.15) is 0 Å². The second-order valence-corrected chi connectivity index (χ2v) is 9.40. The summed E-state index contributed by atoms with van der Waals surface area (Å²) < 4.78 is 5.38. The van der Waals surface area contributed by atoms with Crippen LogP contribution in [0.2, 0.25) is 0 Å². The van der Waals surface area contributed by atoms with E-state index in [9.17, 15) is 4.79 Å². The van der Waals surface area contributed by atoms with Crippen molar-refractivity contribution in [3.05, 3.63) is 107 Å². The number of amides is 1. The normalized spacial score (nSPS) is 13.6. The summed E-state index contributed by atoms with van der Waals surface area (Å²) in [7, 11) is 0. The van der Waals surface area contributed by atoms with Gasteiger partial charge < -0.3 is 14.8 Å². The van der Waals surface area contributed by atoms with Gasteiger partial charge in [0.1, 0.15) is 17.0 Å². The molecular weight excluding hydrogens is 448 g/mol. The average Bonchev–Trinajstić information content (AvgIpc) is 3.50. The number of H-pyrrole nitrogens is 1. The molecule has 3 aromatic carbocycles. The summed E-state index contributed by atoms with van der Waals surface area (Å²) >= 11 is 0. The van der Waals surface area contributed by atoms with Crippen LogP contribution in [-0.2, 0) is 19.4 Å². The second kappa shape index (κ2) is 9.47. The van der Waals surface area contributed by atoms with Crippen molar-refractivity contribution in [1.82, 2.24) is 15.0 Å². The highest BCUT2D eigenvalue weighted by atomic mass is 16.5. The standard InChI is InChI=1S/C30H28N4O2/c1-20-28(29(33-36-20)22-8-3-2-4-9-22)30(35)32-25-11-12-27-26(17-25)23(18-31-27)14-16-34-15-13-21-7-5-6-10-24(21)19-34/h2-12,17-18,31H,13-16,19H2,1H3,(H,32,35). The van der Waals surface area contributed by atoms with E-state index in [0.29, 0.717) is 17.0 Å². The molecule has 0 unspecified atom stereocenters. The van der Waals surface area contributed by atoms with Gasteiger partial charge in [0, 0.05) is 48.0 Å². The Kier molecular flexibility index (Phi) is 5.87. The molecule has 36 heavy (non-hydrogen) atoms. The lowest BCUT2D eigenvalue weighted by Crippen LogP contribution is -2.32. The zero-order valence-electron chi connectivity index (χ0n) is 20.3. The van der Waals surface area contributed by atoms with Gasteiger partial charge in [-0.15, -0.1) is 0 Å². The van der Waals surface area contributed by atoms with E-state index in [-0.39, 0.29) is 5.91 Å². The Bertz CT molecular complexity index is 1530. The Morgan fingerprint density at radius 1 is 1.06 bits per heavy atom. The highest BCUT2D eigenvalue weighted by Crippen LogP contribution is 2.28. The maximum atomic E-state index is 13.3. The molecule has 0 aliphatic carbocycles. The SMILES string of the molecule is Cc1onc(-c2ccccc2)c1C(=O)Nc1ccc2[nH]cc(CCN3CCc4ccccc4C3)c2c1. The van der Waals surface area contributed by atoms with Crippen LogP contribution in [0.5, 0.6) is 0 Å². The molecule has 2 aromatic heterocycles. The third kappa shape index (κ3) is 4.32. The largest absolute Gasteiger partial charge is 0.361 e. The molecule has 0 saturated heterocycles. The Balaban J connectivity index is 1.19. The lowest BCUT2D eigenvalue weighted by atomic mass is 9.99. The summed E-state index contributed by atoms with van der Waals surface area (Å²) in [4.78, 5) is 19.2. The van der Waals surface area contributed by atoms with E-state index < -0.39 is 0 Å². The first-order valence-corrected chi connectivity index (χ1v) is 12.4. The van der Waals surface area contributed by atoms with Crippen LogP contribution in [0.3, 0.4) is 0 Å². The van der Waals surface area contributed by atoms with E-state index in [2.05, 4.69) is 56.9 Å². The van der Waals surface area contributed by atoms with Gasteiger partial charge >= 0.3 is 0 Å². The number of carbonyl (C=O) groups excluding carboxylic acids is 1. The highest BCUT2D eigenvalue weighted by molar-refractivity contribution is 6.09. The summed E-state index contributed by atoms with van der Waals surface area (Å²) in [5.41, 5.74) is 7.84. The molecule has 0 radical (unpaired) electrons. The number of nitrogens with zero attached hydrogens (tertiary/aromatic N) is 2. The van der Waals surface area contributed by atoms with Crippen molar-refractivity contribution in [1.29, 1.82) is 0 Å². The first-order valence-electron chi connectivity index (χ1n) is 12.4. The smallest absolute Gasteiger partial charge is 0.261 e. The summed E-state index contributed by atoms with van der Waals surface area (Å²) in [5, 5.41) is 8.33. The van der Waals surface area contributed by atoms with E-state index in [1.54, 1.807) is 6.92 Å². The molecule has 0 atom stereocenters. The molecule has 3 heterocycles. The van der Waals surface area contributed by atoms with Crippen LogP contribution in [0.4, 0.5) is 5.69 Å². The number of aryl methyl sites for hydroxylation is 1. The molecule has 0 spiro atoms. The van der Waals surface area contributed by atoms with Crippen LogP contribution in [-0.4, -0.2) is 34.0 Å². The fourth-order valence-electron chi connectivity index (χ4n) is 5.11. The van der Waals surface area contributed by atoms with E-state index in [1.807, 2.05) is 42.5 Å². The van der Waals surface area contributed by atoms with Crippen LogP contribution in [0.25, 0.3) is 22.2 Å². The van der Waals surface area contributed by atoms with Gasteiger partial charge in [-0.25, -0.2) is 0 Å². The minimum absolute atomic E-state index is 0.226. The third-order valence-electron chi connectivity index (χ3n) is 7.07. The second-order valence-electron chi connectivity index (χ2n) is 9.40. The molecule has 0 saturated carbocycles. The molecule has 1 aliphatic rings. The van der Waals surface area contributed by atoms with Crippen LogP contribution in [0.15, 0.2) is 83.5 Å². The van der Waals surface area contributed by atoms with Crippen molar-refractivity contribution < 1.29 is 9.32 Å². The lowest BCUT2D eigenvalue weighted by molar-refractivity contribution is 0.102. The highest BCUT2D eigenvalue weighted by Gasteiger charge is 2.22. The number of carbonyl (C=O) groups is 1.